The first kappa shape index (κ1) is 12.1. The molecule has 15 heavy (non-hydrogen) atoms. The van der Waals surface area contributed by atoms with E-state index in [4.69, 9.17) is 11.6 Å². The van der Waals surface area contributed by atoms with E-state index in [1.54, 1.807) is 11.9 Å². The summed E-state index contributed by atoms with van der Waals surface area (Å²) in [5.74, 6) is 0.393. The molecule has 1 amide bonds. The minimum Gasteiger partial charge on any atom is -0.314 e. The number of alkyl halides is 1. The van der Waals surface area contributed by atoms with Gasteiger partial charge in [0.1, 0.15) is 5.88 Å². The lowest BCUT2D eigenvalue weighted by molar-refractivity contribution is -0.116. The van der Waals surface area contributed by atoms with E-state index < -0.39 is 0 Å². The molecular weight excluding hydrogens is 210 g/mol. The molecular formula is C12H16ClNO. The van der Waals surface area contributed by atoms with E-state index in [9.17, 15) is 4.79 Å². The van der Waals surface area contributed by atoms with Gasteiger partial charge in [-0.3, -0.25) is 4.79 Å². The van der Waals surface area contributed by atoms with E-state index in [1.807, 2.05) is 18.2 Å². The molecule has 0 bridgehead atoms. The molecule has 0 fully saturated rings. The standard InChI is InChI=1S/C12H16ClNO/c1-9(2)10-5-4-6-11(7-10)14(3)12(15)8-13/h4-7,9H,8H2,1-3H3. The molecule has 1 aromatic rings. The first-order valence-electron chi connectivity index (χ1n) is 4.98. The number of hydrogen-bond donors (Lipinski definition) is 0. The quantitative estimate of drug-likeness (QED) is 0.725. The summed E-state index contributed by atoms with van der Waals surface area (Å²) in [6.45, 7) is 4.25. The summed E-state index contributed by atoms with van der Waals surface area (Å²) in [5, 5.41) is 0. The maximum Gasteiger partial charge on any atom is 0.241 e. The molecule has 0 aromatic heterocycles. The fourth-order valence-electron chi connectivity index (χ4n) is 1.33. The van der Waals surface area contributed by atoms with Crippen LogP contribution in [0.1, 0.15) is 25.3 Å². The molecule has 0 saturated heterocycles. The number of benzene rings is 1. The molecule has 82 valence electrons. The van der Waals surface area contributed by atoms with Gasteiger partial charge in [0.25, 0.3) is 0 Å². The molecule has 1 aromatic carbocycles. The summed E-state index contributed by atoms with van der Waals surface area (Å²) >= 11 is 5.51. The molecule has 0 aliphatic heterocycles. The van der Waals surface area contributed by atoms with E-state index in [0.717, 1.165) is 5.69 Å². The summed E-state index contributed by atoms with van der Waals surface area (Å²) in [5.41, 5.74) is 2.12. The number of amides is 1. The Hall–Kier alpha value is -1.02. The monoisotopic (exact) mass is 225 g/mol. The Morgan fingerprint density at radius 2 is 2.13 bits per heavy atom. The molecule has 2 nitrogen and oxygen atoms in total. The van der Waals surface area contributed by atoms with Crippen LogP contribution in [-0.2, 0) is 4.79 Å². The van der Waals surface area contributed by atoms with Gasteiger partial charge in [0.2, 0.25) is 5.91 Å². The zero-order chi connectivity index (χ0) is 11.4. The third-order valence-electron chi connectivity index (χ3n) is 2.41. The van der Waals surface area contributed by atoms with Crippen LogP contribution < -0.4 is 4.90 Å². The molecule has 3 heteroatoms. The van der Waals surface area contributed by atoms with Crippen LogP contribution in [0.15, 0.2) is 24.3 Å². The number of rotatable bonds is 3. The Labute approximate surface area is 95.8 Å². The highest BCUT2D eigenvalue weighted by molar-refractivity contribution is 6.29. The molecule has 0 aliphatic carbocycles. The lowest BCUT2D eigenvalue weighted by atomic mass is 10.0. The van der Waals surface area contributed by atoms with Crippen molar-refractivity contribution in [3.63, 3.8) is 0 Å². The second-order valence-corrected chi connectivity index (χ2v) is 4.10. The van der Waals surface area contributed by atoms with Gasteiger partial charge in [0, 0.05) is 12.7 Å². The fourth-order valence-corrected chi connectivity index (χ4v) is 1.51. The Balaban J connectivity index is 2.95. The summed E-state index contributed by atoms with van der Waals surface area (Å²) in [7, 11) is 1.74. The van der Waals surface area contributed by atoms with E-state index in [0.29, 0.717) is 5.92 Å². The third kappa shape index (κ3) is 2.96. The Morgan fingerprint density at radius 3 is 2.67 bits per heavy atom. The molecule has 1 rings (SSSR count). The van der Waals surface area contributed by atoms with Crippen LogP contribution in [0.2, 0.25) is 0 Å². The largest absolute Gasteiger partial charge is 0.314 e. The van der Waals surface area contributed by atoms with Gasteiger partial charge in [0.15, 0.2) is 0 Å². The van der Waals surface area contributed by atoms with Crippen molar-refractivity contribution in [3.8, 4) is 0 Å². The highest BCUT2D eigenvalue weighted by atomic mass is 35.5. The highest BCUT2D eigenvalue weighted by Crippen LogP contribution is 2.20. The maximum atomic E-state index is 11.4. The van der Waals surface area contributed by atoms with Crippen molar-refractivity contribution in [2.45, 2.75) is 19.8 Å². The second-order valence-electron chi connectivity index (χ2n) is 3.84. The smallest absolute Gasteiger partial charge is 0.241 e. The van der Waals surface area contributed by atoms with Gasteiger partial charge in [-0.25, -0.2) is 0 Å². The average Bonchev–Trinajstić information content (AvgIpc) is 2.27. The van der Waals surface area contributed by atoms with Crippen molar-refractivity contribution in [1.82, 2.24) is 0 Å². The number of nitrogens with zero attached hydrogens (tertiary/aromatic N) is 1. The lowest BCUT2D eigenvalue weighted by Crippen LogP contribution is -2.27. The van der Waals surface area contributed by atoms with Gasteiger partial charge >= 0.3 is 0 Å². The third-order valence-corrected chi connectivity index (χ3v) is 2.64. The molecule has 0 saturated carbocycles. The van der Waals surface area contributed by atoms with Gasteiger partial charge in [0.05, 0.1) is 0 Å². The van der Waals surface area contributed by atoms with E-state index in [2.05, 4.69) is 19.9 Å². The number of halogens is 1. The van der Waals surface area contributed by atoms with Gasteiger partial charge in [-0.1, -0.05) is 26.0 Å². The van der Waals surface area contributed by atoms with Gasteiger partial charge in [-0.2, -0.15) is 0 Å². The number of hydrogen-bond acceptors (Lipinski definition) is 1. The molecule has 0 radical (unpaired) electrons. The summed E-state index contributed by atoms with van der Waals surface area (Å²) in [6, 6.07) is 7.96. The maximum absolute atomic E-state index is 11.4. The molecule has 0 heterocycles. The van der Waals surface area contributed by atoms with Crippen LogP contribution in [0.4, 0.5) is 5.69 Å². The fraction of sp³-hybridized carbons (Fsp3) is 0.417. The van der Waals surface area contributed by atoms with Gasteiger partial charge in [-0.15, -0.1) is 11.6 Å². The predicted octanol–water partition coefficient (Wildman–Crippen LogP) is 3.01. The summed E-state index contributed by atoms with van der Waals surface area (Å²) in [6.07, 6.45) is 0. The van der Waals surface area contributed by atoms with Crippen LogP contribution in [0.25, 0.3) is 0 Å². The van der Waals surface area contributed by atoms with Crippen LogP contribution in [0.3, 0.4) is 0 Å². The average molecular weight is 226 g/mol. The topological polar surface area (TPSA) is 20.3 Å². The normalized spacial score (nSPS) is 10.5. The highest BCUT2D eigenvalue weighted by Gasteiger charge is 2.10. The number of carbonyl (C=O) groups is 1. The van der Waals surface area contributed by atoms with Crippen LogP contribution in [0, 0.1) is 0 Å². The van der Waals surface area contributed by atoms with Crippen molar-refractivity contribution in [3.05, 3.63) is 29.8 Å². The summed E-state index contributed by atoms with van der Waals surface area (Å²) < 4.78 is 0. The summed E-state index contributed by atoms with van der Waals surface area (Å²) in [4.78, 5) is 13.0. The molecule has 0 atom stereocenters. The first-order chi connectivity index (χ1) is 7.06. The van der Waals surface area contributed by atoms with E-state index >= 15 is 0 Å². The minimum atomic E-state index is -0.0856. The van der Waals surface area contributed by atoms with Crippen molar-refractivity contribution in [1.29, 1.82) is 0 Å². The lowest BCUT2D eigenvalue weighted by Gasteiger charge is -2.17. The van der Waals surface area contributed by atoms with Crippen molar-refractivity contribution in [2.24, 2.45) is 0 Å². The Bertz CT molecular complexity index is 349. The zero-order valence-electron chi connectivity index (χ0n) is 9.33. The van der Waals surface area contributed by atoms with Crippen LogP contribution in [0.5, 0.6) is 0 Å². The minimum absolute atomic E-state index is 0.0163. The van der Waals surface area contributed by atoms with Gasteiger partial charge < -0.3 is 4.90 Å². The van der Waals surface area contributed by atoms with Crippen molar-refractivity contribution < 1.29 is 4.79 Å². The molecule has 0 spiro atoms. The van der Waals surface area contributed by atoms with Crippen LogP contribution >= 0.6 is 11.6 Å². The number of anilines is 1. The van der Waals surface area contributed by atoms with Crippen LogP contribution in [-0.4, -0.2) is 18.8 Å². The number of carbonyl (C=O) groups excluding carboxylic acids is 1. The van der Waals surface area contributed by atoms with Crippen molar-refractivity contribution in [2.75, 3.05) is 17.8 Å². The van der Waals surface area contributed by atoms with E-state index in [-0.39, 0.29) is 11.8 Å². The first-order valence-corrected chi connectivity index (χ1v) is 5.52. The Kier molecular flexibility index (Phi) is 4.15. The van der Waals surface area contributed by atoms with E-state index in [1.165, 1.54) is 5.56 Å². The Morgan fingerprint density at radius 1 is 1.47 bits per heavy atom. The predicted molar refractivity (Wildman–Crippen MR) is 64.7 cm³/mol. The molecule has 0 unspecified atom stereocenters. The van der Waals surface area contributed by atoms with Gasteiger partial charge in [-0.05, 0) is 23.6 Å². The zero-order valence-corrected chi connectivity index (χ0v) is 10.1. The molecule has 0 N–H and O–H groups in total. The SMILES string of the molecule is CC(C)c1cccc(N(C)C(=O)CCl)c1. The second kappa shape index (κ2) is 5.17. The molecule has 0 aliphatic rings. The van der Waals surface area contributed by atoms with Crippen molar-refractivity contribution >= 4 is 23.2 Å².